The van der Waals surface area contributed by atoms with Gasteiger partial charge in [0.25, 0.3) is 0 Å². The number of fused-ring (bicyclic) bond motifs is 2. The van der Waals surface area contributed by atoms with Crippen LogP contribution in [0.2, 0.25) is 0 Å². The molecule has 1 atom stereocenters. The van der Waals surface area contributed by atoms with Gasteiger partial charge in [0.15, 0.2) is 11.6 Å². The molecule has 2 aromatic carbocycles. The summed E-state index contributed by atoms with van der Waals surface area (Å²) >= 11 is 2.69. The maximum Gasteiger partial charge on any atom is 0.235 e. The first-order valence-electron chi connectivity index (χ1n) is 8.84. The molecule has 0 bridgehead atoms. The van der Waals surface area contributed by atoms with Crippen LogP contribution in [-0.2, 0) is 4.79 Å². The zero-order valence-corrected chi connectivity index (χ0v) is 16.8. The molecule has 0 saturated carbocycles. The van der Waals surface area contributed by atoms with E-state index in [9.17, 15) is 13.6 Å². The van der Waals surface area contributed by atoms with Crippen molar-refractivity contribution in [3.05, 3.63) is 70.9 Å². The average Bonchev–Trinajstić information content (AvgIpc) is 3.21. The molecular weight excluding hydrogens is 414 g/mol. The van der Waals surface area contributed by atoms with Crippen LogP contribution in [0.15, 0.2) is 42.5 Å². The van der Waals surface area contributed by atoms with Crippen molar-refractivity contribution in [2.75, 3.05) is 11.1 Å². The Labute approximate surface area is 172 Å². The zero-order valence-electron chi connectivity index (χ0n) is 15.1. The van der Waals surface area contributed by atoms with E-state index in [1.807, 2.05) is 24.3 Å². The molecule has 29 heavy (non-hydrogen) atoms. The van der Waals surface area contributed by atoms with Crippen molar-refractivity contribution in [2.24, 2.45) is 0 Å². The number of hydrogen-bond donors (Lipinski definition) is 1. The Morgan fingerprint density at radius 3 is 2.83 bits per heavy atom. The summed E-state index contributed by atoms with van der Waals surface area (Å²) in [7, 11) is 0. The molecular formula is C20H14F2N4OS2. The number of hydrogen-bond acceptors (Lipinski definition) is 5. The largest absolute Gasteiger partial charge is 0.310 e. The number of nitrogens with one attached hydrogen (secondary N) is 1. The highest BCUT2D eigenvalue weighted by Crippen LogP contribution is 2.45. The summed E-state index contributed by atoms with van der Waals surface area (Å²) in [5.41, 5.74) is 2.31. The fourth-order valence-corrected chi connectivity index (χ4v) is 5.57. The van der Waals surface area contributed by atoms with Crippen molar-refractivity contribution in [1.29, 1.82) is 0 Å². The Balaban J connectivity index is 1.72. The molecule has 0 fully saturated rings. The first-order chi connectivity index (χ1) is 14.0. The van der Waals surface area contributed by atoms with Gasteiger partial charge in [0.1, 0.15) is 5.82 Å². The molecule has 9 heteroatoms. The molecule has 1 unspecified atom stereocenters. The standard InChI is InChI=1S/C20H14F2N4OS2/c1-10-16-18(11-5-4-6-12(21)17(11)22)28-9-15(27)24-19(16)26(25-10)20-23-13-7-2-3-8-14(13)29-20/h2-8,18H,9H2,1H3,(H,24,27). The molecule has 1 amide bonds. The molecule has 146 valence electrons. The molecule has 5 nitrogen and oxygen atoms in total. The molecule has 3 heterocycles. The van der Waals surface area contributed by atoms with Crippen LogP contribution in [0.3, 0.4) is 0 Å². The summed E-state index contributed by atoms with van der Waals surface area (Å²) < 4.78 is 31.0. The van der Waals surface area contributed by atoms with Crippen molar-refractivity contribution in [1.82, 2.24) is 14.8 Å². The Kier molecular flexibility index (Phi) is 4.36. The maximum absolute atomic E-state index is 14.6. The van der Waals surface area contributed by atoms with Gasteiger partial charge in [0.2, 0.25) is 11.0 Å². The maximum atomic E-state index is 14.6. The number of rotatable bonds is 2. The van der Waals surface area contributed by atoms with Gasteiger partial charge in [0.05, 0.1) is 26.9 Å². The van der Waals surface area contributed by atoms with Crippen molar-refractivity contribution < 1.29 is 13.6 Å². The molecule has 0 spiro atoms. The Bertz CT molecular complexity index is 1230. The number of carbonyl (C=O) groups is 1. The second-order valence-electron chi connectivity index (χ2n) is 6.61. The van der Waals surface area contributed by atoms with Crippen LogP contribution in [0, 0.1) is 18.6 Å². The lowest BCUT2D eigenvalue weighted by Gasteiger charge is -2.16. The monoisotopic (exact) mass is 428 g/mol. The number of aryl methyl sites for hydroxylation is 1. The normalized spacial score (nSPS) is 16.5. The molecule has 0 radical (unpaired) electrons. The van der Waals surface area contributed by atoms with E-state index in [1.165, 1.54) is 29.2 Å². The highest BCUT2D eigenvalue weighted by atomic mass is 32.2. The Morgan fingerprint density at radius 2 is 2.00 bits per heavy atom. The van der Waals surface area contributed by atoms with E-state index < -0.39 is 16.9 Å². The highest BCUT2D eigenvalue weighted by Gasteiger charge is 2.33. The number of halogens is 2. The predicted molar refractivity (Wildman–Crippen MR) is 111 cm³/mol. The fourth-order valence-electron chi connectivity index (χ4n) is 3.44. The van der Waals surface area contributed by atoms with Gasteiger partial charge in [-0.15, -0.1) is 11.8 Å². The molecule has 1 aliphatic heterocycles. The van der Waals surface area contributed by atoms with Gasteiger partial charge in [-0.3, -0.25) is 4.79 Å². The topological polar surface area (TPSA) is 59.8 Å². The summed E-state index contributed by atoms with van der Waals surface area (Å²) in [6.07, 6.45) is 0. The smallest absolute Gasteiger partial charge is 0.235 e. The van der Waals surface area contributed by atoms with E-state index in [0.29, 0.717) is 22.2 Å². The number of benzene rings is 2. The number of thiazole rings is 1. The quantitative estimate of drug-likeness (QED) is 0.496. The molecule has 1 N–H and O–H groups in total. The van der Waals surface area contributed by atoms with E-state index in [0.717, 1.165) is 16.3 Å². The van der Waals surface area contributed by atoms with Gasteiger partial charge >= 0.3 is 0 Å². The van der Waals surface area contributed by atoms with E-state index >= 15 is 0 Å². The summed E-state index contributed by atoms with van der Waals surface area (Å²) in [6.45, 7) is 1.80. The molecule has 4 aromatic rings. The SMILES string of the molecule is Cc1nn(-c2nc3ccccc3s2)c2c1C(c1cccc(F)c1F)SCC(=O)N2. The van der Waals surface area contributed by atoms with Gasteiger partial charge in [-0.05, 0) is 25.1 Å². The number of nitrogens with zero attached hydrogens (tertiary/aromatic N) is 3. The number of carbonyl (C=O) groups excluding carboxylic acids is 1. The van der Waals surface area contributed by atoms with E-state index in [2.05, 4.69) is 15.4 Å². The molecule has 0 saturated heterocycles. The molecule has 2 aromatic heterocycles. The second-order valence-corrected chi connectivity index (χ2v) is 8.71. The third kappa shape index (κ3) is 3.01. The minimum Gasteiger partial charge on any atom is -0.310 e. The lowest BCUT2D eigenvalue weighted by molar-refractivity contribution is -0.113. The fraction of sp³-hybridized carbons (Fsp3) is 0.150. The highest BCUT2D eigenvalue weighted by molar-refractivity contribution is 8.00. The van der Waals surface area contributed by atoms with Gasteiger partial charge < -0.3 is 5.32 Å². The van der Waals surface area contributed by atoms with Crippen LogP contribution in [0.4, 0.5) is 14.6 Å². The number of para-hydroxylation sites is 1. The predicted octanol–water partition coefficient (Wildman–Crippen LogP) is 4.84. The summed E-state index contributed by atoms with van der Waals surface area (Å²) in [5.74, 6) is -1.47. The first kappa shape index (κ1) is 18.3. The van der Waals surface area contributed by atoms with E-state index in [-0.39, 0.29) is 17.2 Å². The van der Waals surface area contributed by atoms with E-state index in [1.54, 1.807) is 17.7 Å². The Hall–Kier alpha value is -2.78. The van der Waals surface area contributed by atoms with E-state index in [4.69, 9.17) is 0 Å². The Morgan fingerprint density at radius 1 is 1.17 bits per heavy atom. The van der Waals surface area contributed by atoms with Crippen molar-refractivity contribution in [3.8, 4) is 5.13 Å². The van der Waals surface area contributed by atoms with Crippen molar-refractivity contribution in [2.45, 2.75) is 12.2 Å². The summed E-state index contributed by atoms with van der Waals surface area (Å²) in [6, 6.07) is 11.8. The van der Waals surface area contributed by atoms with Gasteiger partial charge in [-0.25, -0.2) is 13.8 Å². The lowest BCUT2D eigenvalue weighted by atomic mass is 10.0. The third-order valence-electron chi connectivity index (χ3n) is 4.74. The van der Waals surface area contributed by atoms with Gasteiger partial charge in [-0.1, -0.05) is 35.6 Å². The number of anilines is 1. The van der Waals surface area contributed by atoms with Crippen molar-refractivity contribution in [3.63, 3.8) is 0 Å². The van der Waals surface area contributed by atoms with Crippen LogP contribution >= 0.6 is 23.1 Å². The summed E-state index contributed by atoms with van der Waals surface area (Å²) in [4.78, 5) is 17.0. The van der Waals surface area contributed by atoms with Gasteiger partial charge in [-0.2, -0.15) is 9.78 Å². The van der Waals surface area contributed by atoms with Crippen LogP contribution < -0.4 is 5.32 Å². The van der Waals surface area contributed by atoms with Crippen molar-refractivity contribution >= 4 is 45.0 Å². The molecule has 0 aliphatic carbocycles. The van der Waals surface area contributed by atoms with Crippen LogP contribution in [0.5, 0.6) is 0 Å². The number of amides is 1. The third-order valence-corrected chi connectivity index (χ3v) is 7.00. The zero-order chi connectivity index (χ0) is 20.1. The van der Waals surface area contributed by atoms with Crippen LogP contribution in [0.1, 0.15) is 22.1 Å². The minimum absolute atomic E-state index is 0.120. The first-order valence-corrected chi connectivity index (χ1v) is 10.7. The minimum atomic E-state index is -0.913. The number of thioether (sulfide) groups is 1. The van der Waals surface area contributed by atoms with Crippen LogP contribution in [0.25, 0.3) is 15.3 Å². The summed E-state index contributed by atoms with van der Waals surface area (Å²) in [5, 5.41) is 7.49. The lowest BCUT2D eigenvalue weighted by Crippen LogP contribution is -2.15. The van der Waals surface area contributed by atoms with Gasteiger partial charge in [0, 0.05) is 11.1 Å². The van der Waals surface area contributed by atoms with Crippen LogP contribution in [-0.4, -0.2) is 26.4 Å². The molecule has 5 rings (SSSR count). The average molecular weight is 428 g/mol. The second kappa shape index (κ2) is 6.93. The number of aromatic nitrogens is 3. The molecule has 1 aliphatic rings.